The number of aryl methyl sites for hydroxylation is 1. The second kappa shape index (κ2) is 5.73. The fraction of sp³-hybridized carbons (Fsp3) is 0.333. The maximum Gasteiger partial charge on any atom is 0.312 e. The molecule has 1 aromatic carbocycles. The predicted octanol–water partition coefficient (Wildman–Crippen LogP) is 3.40. The van der Waals surface area contributed by atoms with Crippen LogP contribution in [0.1, 0.15) is 29.3 Å². The van der Waals surface area contributed by atoms with E-state index >= 15 is 0 Å². The molecule has 0 radical (unpaired) electrons. The van der Waals surface area contributed by atoms with Crippen LogP contribution in [0.3, 0.4) is 0 Å². The molecule has 1 heterocycles. The average molecular weight is 304 g/mol. The van der Waals surface area contributed by atoms with Crippen LogP contribution < -0.4 is 10.1 Å². The molecule has 0 fully saturated rings. The van der Waals surface area contributed by atoms with E-state index in [1.165, 1.54) is 11.3 Å². The number of carboxylic acid groups (broad SMARTS) is 1. The number of para-hydroxylation sites is 2. The smallest absolute Gasteiger partial charge is 0.312 e. The molecule has 3 rings (SSSR count). The summed E-state index contributed by atoms with van der Waals surface area (Å²) >= 11 is 1.53. The first-order chi connectivity index (χ1) is 10.2. The van der Waals surface area contributed by atoms with E-state index in [-0.39, 0.29) is 0 Å². The monoisotopic (exact) mass is 304 g/mol. The van der Waals surface area contributed by atoms with Gasteiger partial charge in [0.1, 0.15) is 11.7 Å². The molecule has 2 N–H and O–H groups in total. The zero-order valence-electron chi connectivity index (χ0n) is 11.6. The lowest BCUT2D eigenvalue weighted by Gasteiger charge is -2.16. The summed E-state index contributed by atoms with van der Waals surface area (Å²) in [6.45, 7) is 0. The van der Waals surface area contributed by atoms with Crippen molar-refractivity contribution in [2.24, 2.45) is 0 Å². The van der Waals surface area contributed by atoms with Crippen LogP contribution in [-0.4, -0.2) is 23.2 Å². The van der Waals surface area contributed by atoms with E-state index in [0.717, 1.165) is 40.0 Å². The molecule has 2 aromatic rings. The Hall–Kier alpha value is -2.08. The summed E-state index contributed by atoms with van der Waals surface area (Å²) in [4.78, 5) is 16.9. The summed E-state index contributed by atoms with van der Waals surface area (Å²) in [7, 11) is 1.62. The summed E-state index contributed by atoms with van der Waals surface area (Å²) in [6, 6.07) is 7.60. The SMILES string of the molecule is COc1ccccc1Nc1nc2c(s1)CCCC2C(=O)O. The van der Waals surface area contributed by atoms with Crippen LogP contribution in [0.2, 0.25) is 0 Å². The number of rotatable bonds is 4. The van der Waals surface area contributed by atoms with Gasteiger partial charge >= 0.3 is 5.97 Å². The van der Waals surface area contributed by atoms with Gasteiger partial charge in [0.05, 0.1) is 18.5 Å². The number of benzene rings is 1. The molecular formula is C15H16N2O3S. The van der Waals surface area contributed by atoms with Crippen molar-refractivity contribution in [3.05, 3.63) is 34.8 Å². The van der Waals surface area contributed by atoms with Crippen molar-refractivity contribution in [3.8, 4) is 5.75 Å². The van der Waals surface area contributed by atoms with E-state index in [1.807, 2.05) is 24.3 Å². The molecule has 1 aliphatic carbocycles. The van der Waals surface area contributed by atoms with E-state index < -0.39 is 11.9 Å². The van der Waals surface area contributed by atoms with Crippen LogP contribution in [0.25, 0.3) is 0 Å². The van der Waals surface area contributed by atoms with Crippen molar-refractivity contribution in [1.82, 2.24) is 4.98 Å². The van der Waals surface area contributed by atoms with Crippen LogP contribution in [0.5, 0.6) is 5.75 Å². The molecule has 1 aromatic heterocycles. The summed E-state index contributed by atoms with van der Waals surface area (Å²) in [6.07, 6.45) is 2.48. The first-order valence-electron chi connectivity index (χ1n) is 6.81. The van der Waals surface area contributed by atoms with Crippen molar-refractivity contribution < 1.29 is 14.6 Å². The fourth-order valence-corrected chi connectivity index (χ4v) is 3.65. The number of thiazole rings is 1. The molecule has 0 saturated carbocycles. The molecule has 1 unspecified atom stereocenters. The zero-order chi connectivity index (χ0) is 14.8. The Balaban J connectivity index is 1.89. The number of aromatic nitrogens is 1. The number of methoxy groups -OCH3 is 1. The van der Waals surface area contributed by atoms with Gasteiger partial charge < -0.3 is 15.2 Å². The Labute approximate surface area is 126 Å². The average Bonchev–Trinajstić information content (AvgIpc) is 2.89. The van der Waals surface area contributed by atoms with Gasteiger partial charge in [-0.15, -0.1) is 11.3 Å². The normalized spacial score (nSPS) is 17.1. The number of anilines is 2. The molecule has 0 spiro atoms. The van der Waals surface area contributed by atoms with Gasteiger partial charge in [-0.05, 0) is 31.4 Å². The number of nitrogens with one attached hydrogen (secondary N) is 1. The number of nitrogens with zero attached hydrogens (tertiary/aromatic N) is 1. The lowest BCUT2D eigenvalue weighted by atomic mass is 9.91. The highest BCUT2D eigenvalue weighted by atomic mass is 32.1. The molecule has 21 heavy (non-hydrogen) atoms. The summed E-state index contributed by atoms with van der Waals surface area (Å²) in [5, 5.41) is 13.2. The van der Waals surface area contributed by atoms with Gasteiger partial charge in [0.2, 0.25) is 0 Å². The van der Waals surface area contributed by atoms with Gasteiger partial charge in [-0.3, -0.25) is 4.79 Å². The Morgan fingerprint density at radius 2 is 2.29 bits per heavy atom. The Morgan fingerprint density at radius 3 is 3.05 bits per heavy atom. The van der Waals surface area contributed by atoms with E-state index in [4.69, 9.17) is 4.74 Å². The number of hydrogen-bond acceptors (Lipinski definition) is 5. The highest BCUT2D eigenvalue weighted by Gasteiger charge is 2.30. The van der Waals surface area contributed by atoms with Crippen LogP contribution in [0.4, 0.5) is 10.8 Å². The van der Waals surface area contributed by atoms with Crippen molar-refractivity contribution in [2.45, 2.75) is 25.2 Å². The molecule has 5 nitrogen and oxygen atoms in total. The topological polar surface area (TPSA) is 71.5 Å². The minimum atomic E-state index is -0.787. The van der Waals surface area contributed by atoms with E-state index in [0.29, 0.717) is 6.42 Å². The largest absolute Gasteiger partial charge is 0.495 e. The van der Waals surface area contributed by atoms with E-state index in [1.54, 1.807) is 7.11 Å². The Bertz CT molecular complexity index is 669. The second-order valence-electron chi connectivity index (χ2n) is 4.94. The van der Waals surface area contributed by atoms with Crippen molar-refractivity contribution in [2.75, 3.05) is 12.4 Å². The third-order valence-corrected chi connectivity index (χ3v) is 4.65. The zero-order valence-corrected chi connectivity index (χ0v) is 12.4. The molecular weight excluding hydrogens is 288 g/mol. The first-order valence-corrected chi connectivity index (χ1v) is 7.63. The summed E-state index contributed by atoms with van der Waals surface area (Å²) < 4.78 is 5.30. The molecule has 0 bridgehead atoms. The fourth-order valence-electron chi connectivity index (χ4n) is 2.58. The molecule has 1 aliphatic rings. The maximum atomic E-state index is 11.3. The minimum Gasteiger partial charge on any atom is -0.495 e. The third-order valence-electron chi connectivity index (χ3n) is 3.60. The predicted molar refractivity (Wildman–Crippen MR) is 81.7 cm³/mol. The second-order valence-corrected chi connectivity index (χ2v) is 6.02. The molecule has 0 amide bonds. The third kappa shape index (κ3) is 2.71. The minimum absolute atomic E-state index is 0.474. The van der Waals surface area contributed by atoms with Gasteiger partial charge in [0, 0.05) is 4.88 Å². The number of ether oxygens (including phenoxy) is 1. The Kier molecular flexibility index (Phi) is 3.79. The lowest BCUT2D eigenvalue weighted by Crippen LogP contribution is -2.17. The molecule has 0 aliphatic heterocycles. The van der Waals surface area contributed by atoms with Crippen LogP contribution in [0.15, 0.2) is 24.3 Å². The quantitative estimate of drug-likeness (QED) is 0.906. The highest BCUT2D eigenvalue weighted by molar-refractivity contribution is 7.15. The molecule has 6 heteroatoms. The summed E-state index contributed by atoms with van der Waals surface area (Å²) in [5.41, 5.74) is 1.55. The highest BCUT2D eigenvalue weighted by Crippen LogP contribution is 2.38. The molecule has 1 atom stereocenters. The van der Waals surface area contributed by atoms with Crippen molar-refractivity contribution >= 4 is 28.1 Å². The number of hydrogen-bond donors (Lipinski definition) is 2. The van der Waals surface area contributed by atoms with Gasteiger partial charge in [0.15, 0.2) is 5.13 Å². The van der Waals surface area contributed by atoms with Crippen LogP contribution >= 0.6 is 11.3 Å². The molecule has 0 saturated heterocycles. The number of fused-ring (bicyclic) bond motifs is 1. The van der Waals surface area contributed by atoms with E-state index in [2.05, 4.69) is 10.3 Å². The van der Waals surface area contributed by atoms with Crippen LogP contribution in [-0.2, 0) is 11.2 Å². The lowest BCUT2D eigenvalue weighted by molar-refractivity contribution is -0.139. The van der Waals surface area contributed by atoms with Crippen molar-refractivity contribution in [3.63, 3.8) is 0 Å². The number of carboxylic acids is 1. The number of aliphatic carboxylic acids is 1. The van der Waals surface area contributed by atoms with Gasteiger partial charge in [-0.1, -0.05) is 12.1 Å². The maximum absolute atomic E-state index is 11.3. The van der Waals surface area contributed by atoms with Crippen LogP contribution in [0, 0.1) is 0 Å². The Morgan fingerprint density at radius 1 is 1.48 bits per heavy atom. The standard InChI is InChI=1S/C15H16N2O3S/c1-20-11-7-3-2-6-10(11)16-15-17-13-9(14(18)19)5-4-8-12(13)21-15/h2-3,6-7,9H,4-5,8H2,1H3,(H,16,17)(H,18,19). The summed E-state index contributed by atoms with van der Waals surface area (Å²) in [5.74, 6) is -0.524. The van der Waals surface area contributed by atoms with Crippen molar-refractivity contribution in [1.29, 1.82) is 0 Å². The number of carbonyl (C=O) groups is 1. The van der Waals surface area contributed by atoms with Gasteiger partial charge in [0.25, 0.3) is 0 Å². The van der Waals surface area contributed by atoms with Gasteiger partial charge in [-0.25, -0.2) is 4.98 Å². The first kappa shape index (κ1) is 13.9. The van der Waals surface area contributed by atoms with E-state index in [9.17, 15) is 9.90 Å². The van der Waals surface area contributed by atoms with Gasteiger partial charge in [-0.2, -0.15) is 0 Å². The molecule has 110 valence electrons.